The predicted molar refractivity (Wildman–Crippen MR) is 143 cm³/mol. The minimum absolute atomic E-state index is 0.121. The molecule has 0 bridgehead atoms. The van der Waals surface area contributed by atoms with Crippen molar-refractivity contribution in [2.45, 2.75) is 50.5 Å². The van der Waals surface area contributed by atoms with E-state index in [4.69, 9.17) is 16.3 Å². The van der Waals surface area contributed by atoms with Crippen LogP contribution in [-0.4, -0.2) is 33.5 Å². The fraction of sp³-hybridized carbons (Fsp3) is 0.321. The molecule has 6 nitrogen and oxygen atoms in total. The summed E-state index contributed by atoms with van der Waals surface area (Å²) in [6, 6.07) is 19.6. The quantitative estimate of drug-likeness (QED) is 0.475. The van der Waals surface area contributed by atoms with Gasteiger partial charge in [-0.3, -0.25) is 9.10 Å². The second kappa shape index (κ2) is 10.1. The Hall–Kier alpha value is -3.03. The van der Waals surface area contributed by atoms with Crippen molar-refractivity contribution in [3.63, 3.8) is 0 Å². The van der Waals surface area contributed by atoms with Crippen molar-refractivity contribution in [3.05, 3.63) is 88.4 Å². The number of amides is 1. The van der Waals surface area contributed by atoms with Gasteiger partial charge in [-0.1, -0.05) is 68.3 Å². The van der Waals surface area contributed by atoms with Crippen LogP contribution >= 0.6 is 11.6 Å². The van der Waals surface area contributed by atoms with Crippen molar-refractivity contribution in [1.29, 1.82) is 0 Å². The highest BCUT2D eigenvalue weighted by Crippen LogP contribution is 2.40. The standard InChI is InChI=1S/C28H31ClN2O4S/c1-19-5-12-23(13-6-19)36(33,34)31-18-26(27(32)30-16-15-20-7-10-22(29)11-8-20)35-25-14-9-21(17-24(25)31)28(2,3)4/h5-14,17,26H,15-16,18H2,1-4H3,(H,30,32)/t26-/m0/s1. The highest BCUT2D eigenvalue weighted by atomic mass is 35.5. The van der Waals surface area contributed by atoms with Gasteiger partial charge in [-0.2, -0.15) is 0 Å². The average Bonchev–Trinajstić information content (AvgIpc) is 2.83. The number of nitrogens with one attached hydrogen (secondary N) is 1. The van der Waals surface area contributed by atoms with E-state index < -0.39 is 16.1 Å². The zero-order valence-electron chi connectivity index (χ0n) is 20.9. The van der Waals surface area contributed by atoms with Gasteiger partial charge in [-0.25, -0.2) is 8.42 Å². The lowest BCUT2D eigenvalue weighted by molar-refractivity contribution is -0.127. The molecule has 0 aromatic heterocycles. The molecule has 190 valence electrons. The van der Waals surface area contributed by atoms with Crippen LogP contribution in [0, 0.1) is 6.92 Å². The lowest BCUT2D eigenvalue weighted by Crippen LogP contribution is -2.51. The van der Waals surface area contributed by atoms with Crippen molar-refractivity contribution in [2.75, 3.05) is 17.4 Å². The first-order valence-electron chi connectivity index (χ1n) is 11.9. The minimum atomic E-state index is -3.93. The Balaban J connectivity index is 1.61. The molecule has 0 fully saturated rings. The molecule has 0 saturated heterocycles. The van der Waals surface area contributed by atoms with Crippen LogP contribution in [0.5, 0.6) is 5.75 Å². The van der Waals surface area contributed by atoms with Gasteiger partial charge in [0, 0.05) is 11.6 Å². The van der Waals surface area contributed by atoms with E-state index in [9.17, 15) is 13.2 Å². The van der Waals surface area contributed by atoms with E-state index in [0.29, 0.717) is 29.4 Å². The smallest absolute Gasteiger partial charge is 0.264 e. The van der Waals surface area contributed by atoms with E-state index in [1.807, 2.05) is 31.2 Å². The van der Waals surface area contributed by atoms with E-state index in [1.54, 1.807) is 42.5 Å². The van der Waals surface area contributed by atoms with Gasteiger partial charge < -0.3 is 10.1 Å². The molecule has 1 atom stereocenters. The van der Waals surface area contributed by atoms with Crippen LogP contribution in [0.25, 0.3) is 0 Å². The summed E-state index contributed by atoms with van der Waals surface area (Å²) in [5, 5.41) is 3.54. The molecule has 3 aromatic carbocycles. The van der Waals surface area contributed by atoms with Gasteiger partial charge in [0.2, 0.25) is 0 Å². The summed E-state index contributed by atoms with van der Waals surface area (Å²) < 4.78 is 34.8. The van der Waals surface area contributed by atoms with Gasteiger partial charge in [-0.05, 0) is 66.3 Å². The molecule has 1 N–H and O–H groups in total. The summed E-state index contributed by atoms with van der Waals surface area (Å²) >= 11 is 5.94. The normalized spacial score (nSPS) is 15.7. The molecule has 0 aliphatic carbocycles. The Morgan fingerprint density at radius 1 is 1.06 bits per heavy atom. The molecule has 0 spiro atoms. The van der Waals surface area contributed by atoms with Crippen molar-refractivity contribution < 1.29 is 17.9 Å². The Morgan fingerprint density at radius 2 is 1.72 bits per heavy atom. The van der Waals surface area contributed by atoms with Crippen LogP contribution < -0.4 is 14.4 Å². The fourth-order valence-corrected chi connectivity index (χ4v) is 5.61. The molecule has 8 heteroatoms. The van der Waals surface area contributed by atoms with Crippen molar-refractivity contribution in [2.24, 2.45) is 0 Å². The number of benzene rings is 3. The van der Waals surface area contributed by atoms with Gasteiger partial charge in [0.1, 0.15) is 5.75 Å². The summed E-state index contributed by atoms with van der Waals surface area (Å²) in [5.74, 6) is 0.00130. The van der Waals surface area contributed by atoms with Gasteiger partial charge >= 0.3 is 0 Å². The summed E-state index contributed by atoms with van der Waals surface area (Å²) in [5.41, 5.74) is 3.22. The highest BCUT2D eigenvalue weighted by molar-refractivity contribution is 7.92. The molecule has 0 radical (unpaired) electrons. The van der Waals surface area contributed by atoms with Gasteiger partial charge in [0.05, 0.1) is 17.1 Å². The third kappa shape index (κ3) is 5.68. The number of anilines is 1. The van der Waals surface area contributed by atoms with E-state index in [1.165, 1.54) is 4.31 Å². The summed E-state index contributed by atoms with van der Waals surface area (Å²) in [6.07, 6.45) is -0.365. The number of sulfonamides is 1. The summed E-state index contributed by atoms with van der Waals surface area (Å²) in [6.45, 7) is 8.36. The van der Waals surface area contributed by atoms with Crippen molar-refractivity contribution in [1.82, 2.24) is 5.32 Å². The first-order chi connectivity index (χ1) is 16.9. The highest BCUT2D eigenvalue weighted by Gasteiger charge is 2.38. The maximum Gasteiger partial charge on any atom is 0.264 e. The third-order valence-electron chi connectivity index (χ3n) is 6.22. The van der Waals surface area contributed by atoms with Crippen LogP contribution in [0.3, 0.4) is 0 Å². The number of fused-ring (bicyclic) bond motifs is 1. The molecular formula is C28H31ClN2O4S. The maximum atomic E-state index is 13.7. The summed E-state index contributed by atoms with van der Waals surface area (Å²) in [4.78, 5) is 13.2. The number of carbonyl (C=O) groups is 1. The minimum Gasteiger partial charge on any atom is -0.476 e. The van der Waals surface area contributed by atoms with Gasteiger partial charge in [0.15, 0.2) is 6.10 Å². The molecule has 0 saturated carbocycles. The first-order valence-corrected chi connectivity index (χ1v) is 13.7. The second-order valence-corrected chi connectivity index (χ2v) is 12.4. The topological polar surface area (TPSA) is 75.7 Å². The lowest BCUT2D eigenvalue weighted by Gasteiger charge is -2.36. The Kier molecular flexibility index (Phi) is 7.34. The van der Waals surface area contributed by atoms with E-state index in [0.717, 1.165) is 16.7 Å². The monoisotopic (exact) mass is 526 g/mol. The Labute approximate surface area is 218 Å². The Bertz CT molecular complexity index is 1350. The number of hydrogen-bond donors (Lipinski definition) is 1. The summed E-state index contributed by atoms with van der Waals surface area (Å²) in [7, 11) is -3.93. The maximum absolute atomic E-state index is 13.7. The number of hydrogen-bond acceptors (Lipinski definition) is 4. The van der Waals surface area contributed by atoms with E-state index in [2.05, 4.69) is 26.1 Å². The molecule has 1 aliphatic heterocycles. The molecule has 1 heterocycles. The number of rotatable bonds is 6. The van der Waals surface area contributed by atoms with Gasteiger partial charge in [-0.15, -0.1) is 0 Å². The zero-order chi connectivity index (χ0) is 26.1. The molecule has 3 aromatic rings. The molecule has 36 heavy (non-hydrogen) atoms. The van der Waals surface area contributed by atoms with E-state index >= 15 is 0 Å². The van der Waals surface area contributed by atoms with E-state index in [-0.39, 0.29) is 22.8 Å². The molecule has 1 amide bonds. The van der Waals surface area contributed by atoms with Crippen LogP contribution in [0.1, 0.15) is 37.5 Å². The first kappa shape index (κ1) is 26.0. The fourth-order valence-electron chi connectivity index (χ4n) is 4.01. The zero-order valence-corrected chi connectivity index (χ0v) is 22.5. The number of carbonyl (C=O) groups excluding carboxylic acids is 1. The molecular weight excluding hydrogens is 496 g/mol. The number of ether oxygens (including phenoxy) is 1. The van der Waals surface area contributed by atoms with Crippen molar-refractivity contribution >= 4 is 33.2 Å². The SMILES string of the molecule is Cc1ccc(S(=O)(=O)N2C[C@@H](C(=O)NCCc3ccc(Cl)cc3)Oc3ccc(C(C)(C)C)cc32)cc1. The third-order valence-corrected chi connectivity index (χ3v) is 8.27. The second-order valence-electron chi connectivity index (χ2n) is 10.1. The molecule has 4 rings (SSSR count). The van der Waals surface area contributed by atoms with Crippen LogP contribution in [0.2, 0.25) is 5.02 Å². The largest absolute Gasteiger partial charge is 0.476 e. The van der Waals surface area contributed by atoms with Crippen molar-refractivity contribution in [3.8, 4) is 5.75 Å². The van der Waals surface area contributed by atoms with Crippen LogP contribution in [0.4, 0.5) is 5.69 Å². The number of nitrogens with zero attached hydrogens (tertiary/aromatic N) is 1. The lowest BCUT2D eigenvalue weighted by atomic mass is 9.86. The average molecular weight is 527 g/mol. The molecule has 0 unspecified atom stereocenters. The number of halogens is 1. The predicted octanol–water partition coefficient (Wildman–Crippen LogP) is 5.26. The Morgan fingerprint density at radius 3 is 2.36 bits per heavy atom. The van der Waals surface area contributed by atoms with Gasteiger partial charge in [0.25, 0.3) is 15.9 Å². The molecule has 1 aliphatic rings. The van der Waals surface area contributed by atoms with Crippen LogP contribution in [0.15, 0.2) is 71.6 Å². The van der Waals surface area contributed by atoms with Crippen LogP contribution in [-0.2, 0) is 26.7 Å². The number of aryl methyl sites for hydroxylation is 1.